The topological polar surface area (TPSA) is 55.9 Å². The van der Waals surface area contributed by atoms with Crippen LogP contribution in [-0.2, 0) is 4.79 Å². The van der Waals surface area contributed by atoms with E-state index in [1.165, 1.54) is 0 Å². The summed E-state index contributed by atoms with van der Waals surface area (Å²) in [7, 11) is 3.94. The molecule has 1 fully saturated rings. The molecular formula is C20H32N4O2. The lowest BCUT2D eigenvalue weighted by Gasteiger charge is -2.25. The minimum atomic E-state index is -0.220. The highest BCUT2D eigenvalue weighted by Gasteiger charge is 2.23. The number of nitrogens with one attached hydrogen (secondary N) is 1. The van der Waals surface area contributed by atoms with E-state index in [-0.39, 0.29) is 17.4 Å². The fourth-order valence-electron chi connectivity index (χ4n) is 3.09. The van der Waals surface area contributed by atoms with E-state index in [9.17, 15) is 9.59 Å². The van der Waals surface area contributed by atoms with Gasteiger partial charge in [-0.15, -0.1) is 0 Å². The van der Waals surface area contributed by atoms with Crippen LogP contribution in [0.2, 0.25) is 0 Å². The van der Waals surface area contributed by atoms with Gasteiger partial charge in [-0.3, -0.25) is 14.5 Å². The predicted octanol–water partition coefficient (Wildman–Crippen LogP) is 1.82. The third kappa shape index (κ3) is 6.02. The van der Waals surface area contributed by atoms with Crippen molar-refractivity contribution in [3.63, 3.8) is 0 Å². The highest BCUT2D eigenvalue weighted by molar-refractivity contribution is 5.95. The van der Waals surface area contributed by atoms with Crippen molar-refractivity contribution in [1.82, 2.24) is 15.1 Å². The summed E-state index contributed by atoms with van der Waals surface area (Å²) in [4.78, 5) is 31.0. The van der Waals surface area contributed by atoms with E-state index in [4.69, 9.17) is 0 Å². The largest absolute Gasteiger partial charge is 0.378 e. The fourth-order valence-corrected chi connectivity index (χ4v) is 3.09. The van der Waals surface area contributed by atoms with Gasteiger partial charge in [0, 0.05) is 57.1 Å². The van der Waals surface area contributed by atoms with E-state index < -0.39 is 0 Å². The Morgan fingerprint density at radius 1 is 1.12 bits per heavy atom. The number of hydrogen-bond donors (Lipinski definition) is 1. The number of benzene rings is 1. The summed E-state index contributed by atoms with van der Waals surface area (Å²) >= 11 is 0. The Kier molecular flexibility index (Phi) is 6.64. The van der Waals surface area contributed by atoms with Crippen LogP contribution in [0.1, 0.15) is 37.6 Å². The van der Waals surface area contributed by atoms with Crippen LogP contribution >= 0.6 is 0 Å². The SMILES string of the molecule is CN(C)c1cccc(C(=O)N2CCCN(CC(=O)NC(C)(C)C)CC2)c1. The number of hydrogen-bond acceptors (Lipinski definition) is 4. The first-order chi connectivity index (χ1) is 12.2. The molecule has 1 heterocycles. The zero-order chi connectivity index (χ0) is 19.3. The standard InChI is InChI=1S/C20H32N4O2/c1-20(2,3)21-18(25)15-23-10-7-11-24(13-12-23)19(26)16-8-6-9-17(14-16)22(4)5/h6,8-9,14H,7,10-13,15H2,1-5H3,(H,21,25). The lowest BCUT2D eigenvalue weighted by Crippen LogP contribution is -2.46. The molecule has 1 N–H and O–H groups in total. The Labute approximate surface area is 157 Å². The van der Waals surface area contributed by atoms with Crippen molar-refractivity contribution >= 4 is 17.5 Å². The number of rotatable bonds is 4. The second-order valence-electron chi connectivity index (χ2n) is 8.16. The van der Waals surface area contributed by atoms with E-state index in [2.05, 4.69) is 10.2 Å². The van der Waals surface area contributed by atoms with Crippen LogP contribution < -0.4 is 10.2 Å². The third-order valence-corrected chi connectivity index (χ3v) is 4.37. The maximum Gasteiger partial charge on any atom is 0.253 e. The molecule has 2 rings (SSSR count). The molecule has 0 unspecified atom stereocenters. The first-order valence-corrected chi connectivity index (χ1v) is 9.26. The molecule has 0 aromatic heterocycles. The van der Waals surface area contributed by atoms with E-state index in [1.807, 2.05) is 68.9 Å². The van der Waals surface area contributed by atoms with Crippen LogP contribution in [0.15, 0.2) is 24.3 Å². The fraction of sp³-hybridized carbons (Fsp3) is 0.600. The average Bonchev–Trinajstić information content (AvgIpc) is 2.78. The molecule has 0 bridgehead atoms. The van der Waals surface area contributed by atoms with Crippen LogP contribution in [-0.4, -0.2) is 74.0 Å². The minimum Gasteiger partial charge on any atom is -0.378 e. The summed E-state index contributed by atoms with van der Waals surface area (Å²) in [5.41, 5.74) is 1.52. The van der Waals surface area contributed by atoms with Crippen LogP contribution in [0.5, 0.6) is 0 Å². The summed E-state index contributed by atoms with van der Waals surface area (Å²) in [6, 6.07) is 7.72. The van der Waals surface area contributed by atoms with Crippen molar-refractivity contribution in [2.24, 2.45) is 0 Å². The van der Waals surface area contributed by atoms with E-state index in [0.29, 0.717) is 13.1 Å². The molecule has 0 saturated carbocycles. The molecule has 6 heteroatoms. The first kappa shape index (κ1) is 20.2. The van der Waals surface area contributed by atoms with Gasteiger partial charge >= 0.3 is 0 Å². The maximum absolute atomic E-state index is 12.9. The second-order valence-corrected chi connectivity index (χ2v) is 8.16. The van der Waals surface area contributed by atoms with Crippen molar-refractivity contribution in [1.29, 1.82) is 0 Å². The Morgan fingerprint density at radius 3 is 2.50 bits per heavy atom. The number of carbonyl (C=O) groups excluding carboxylic acids is 2. The summed E-state index contributed by atoms with van der Waals surface area (Å²) in [6.07, 6.45) is 0.877. The van der Waals surface area contributed by atoms with Crippen LogP contribution in [0, 0.1) is 0 Å². The Hall–Kier alpha value is -2.08. The normalized spacial score (nSPS) is 16.1. The molecular weight excluding hydrogens is 328 g/mol. The van der Waals surface area contributed by atoms with Crippen molar-refractivity contribution in [2.45, 2.75) is 32.7 Å². The molecule has 1 aliphatic rings. The summed E-state index contributed by atoms with van der Waals surface area (Å²) < 4.78 is 0. The quantitative estimate of drug-likeness (QED) is 0.890. The van der Waals surface area contributed by atoms with Gasteiger partial charge in [0.05, 0.1) is 6.54 Å². The highest BCUT2D eigenvalue weighted by Crippen LogP contribution is 2.16. The molecule has 144 valence electrons. The molecule has 26 heavy (non-hydrogen) atoms. The zero-order valence-corrected chi connectivity index (χ0v) is 16.7. The van der Waals surface area contributed by atoms with Gasteiger partial charge in [0.15, 0.2) is 0 Å². The smallest absolute Gasteiger partial charge is 0.253 e. The molecule has 1 aliphatic heterocycles. The van der Waals surface area contributed by atoms with Crippen molar-refractivity contribution in [2.75, 3.05) is 51.7 Å². The van der Waals surface area contributed by atoms with E-state index in [0.717, 1.165) is 37.3 Å². The zero-order valence-electron chi connectivity index (χ0n) is 16.7. The van der Waals surface area contributed by atoms with Crippen molar-refractivity contribution < 1.29 is 9.59 Å². The van der Waals surface area contributed by atoms with Crippen LogP contribution in [0.3, 0.4) is 0 Å². The third-order valence-electron chi connectivity index (χ3n) is 4.37. The van der Waals surface area contributed by atoms with Crippen LogP contribution in [0.4, 0.5) is 5.69 Å². The molecule has 1 aromatic carbocycles. The lowest BCUT2D eigenvalue weighted by atomic mass is 10.1. The highest BCUT2D eigenvalue weighted by atomic mass is 16.2. The molecule has 0 atom stereocenters. The molecule has 0 aliphatic carbocycles. The maximum atomic E-state index is 12.9. The molecule has 1 aromatic rings. The van der Waals surface area contributed by atoms with E-state index in [1.54, 1.807) is 0 Å². The van der Waals surface area contributed by atoms with Gasteiger partial charge in [0.2, 0.25) is 5.91 Å². The molecule has 0 spiro atoms. The Balaban J connectivity index is 1.94. The van der Waals surface area contributed by atoms with Gasteiger partial charge < -0.3 is 15.1 Å². The number of anilines is 1. The average molecular weight is 361 g/mol. The monoisotopic (exact) mass is 360 g/mol. The van der Waals surface area contributed by atoms with Gasteiger partial charge in [-0.1, -0.05) is 6.07 Å². The van der Waals surface area contributed by atoms with Crippen molar-refractivity contribution in [3.8, 4) is 0 Å². The van der Waals surface area contributed by atoms with Gasteiger partial charge in [-0.2, -0.15) is 0 Å². The number of carbonyl (C=O) groups is 2. The number of nitrogens with zero attached hydrogens (tertiary/aromatic N) is 3. The van der Waals surface area contributed by atoms with Gasteiger partial charge in [-0.05, 0) is 45.4 Å². The summed E-state index contributed by atoms with van der Waals surface area (Å²) in [5, 5.41) is 3.00. The molecule has 0 radical (unpaired) electrons. The first-order valence-electron chi connectivity index (χ1n) is 9.26. The van der Waals surface area contributed by atoms with Gasteiger partial charge in [0.25, 0.3) is 5.91 Å². The number of amides is 2. The van der Waals surface area contributed by atoms with E-state index >= 15 is 0 Å². The Morgan fingerprint density at radius 2 is 1.85 bits per heavy atom. The minimum absolute atomic E-state index is 0.0379. The Bertz CT molecular complexity index is 637. The van der Waals surface area contributed by atoms with Crippen molar-refractivity contribution in [3.05, 3.63) is 29.8 Å². The predicted molar refractivity (Wildman–Crippen MR) is 106 cm³/mol. The lowest BCUT2D eigenvalue weighted by molar-refractivity contribution is -0.123. The summed E-state index contributed by atoms with van der Waals surface area (Å²) in [6.45, 7) is 9.25. The van der Waals surface area contributed by atoms with Crippen LogP contribution in [0.25, 0.3) is 0 Å². The van der Waals surface area contributed by atoms with Gasteiger partial charge in [0.1, 0.15) is 0 Å². The summed E-state index contributed by atoms with van der Waals surface area (Å²) in [5.74, 6) is 0.102. The van der Waals surface area contributed by atoms with Gasteiger partial charge in [-0.25, -0.2) is 0 Å². The molecule has 6 nitrogen and oxygen atoms in total. The molecule has 2 amide bonds. The second kappa shape index (κ2) is 8.54. The molecule has 1 saturated heterocycles.